The number of rotatable bonds is 9. The maximum atomic E-state index is 15.6. The monoisotopic (exact) mass is 838 g/mol. The number of ether oxygens (including phenoxy) is 1. The number of amides is 5. The molecule has 0 spiro atoms. The van der Waals surface area contributed by atoms with Crippen molar-refractivity contribution < 1.29 is 33.1 Å². The Hall–Kier alpha value is -5.59. The highest BCUT2D eigenvalue weighted by molar-refractivity contribution is 6.31. The first-order valence-corrected chi connectivity index (χ1v) is 20.8. The van der Waals surface area contributed by atoms with Gasteiger partial charge in [-0.1, -0.05) is 39.3 Å². The number of piperidine rings is 2. The fourth-order valence-corrected chi connectivity index (χ4v) is 10.3. The minimum Gasteiger partial charge on any atom is -0.489 e. The fraction of sp³-hybridized carbons (Fsp3) is 0.477. The van der Waals surface area contributed by atoms with E-state index in [9.17, 15) is 29.2 Å². The average Bonchev–Trinajstić information content (AvgIpc) is 3.47. The molecular weight excluding hydrogens is 791 g/mol. The molecular formula is C44H48ClFN8O6. The van der Waals surface area contributed by atoms with Gasteiger partial charge in [-0.15, -0.1) is 0 Å². The highest BCUT2D eigenvalue weighted by Gasteiger charge is 2.64. The van der Waals surface area contributed by atoms with E-state index in [4.69, 9.17) is 16.3 Å². The molecule has 2 N–H and O–H groups in total. The molecule has 1 saturated carbocycles. The van der Waals surface area contributed by atoms with Gasteiger partial charge in [0.1, 0.15) is 35.6 Å². The second kappa shape index (κ2) is 15.8. The number of benzene rings is 2. The largest absolute Gasteiger partial charge is 0.489 e. The van der Waals surface area contributed by atoms with Crippen molar-refractivity contribution >= 4 is 52.6 Å². The number of aromatic nitrogens is 1. The van der Waals surface area contributed by atoms with Gasteiger partial charge >= 0.3 is 0 Å². The van der Waals surface area contributed by atoms with Crippen molar-refractivity contribution in [2.24, 2.45) is 16.7 Å². The molecule has 5 amide bonds. The van der Waals surface area contributed by atoms with Crippen molar-refractivity contribution in [3.05, 3.63) is 81.8 Å². The summed E-state index contributed by atoms with van der Waals surface area (Å²) in [5, 5.41) is 14.8. The third-order valence-electron chi connectivity index (χ3n) is 13.1. The topological polar surface area (TPSA) is 168 Å². The third-order valence-corrected chi connectivity index (χ3v) is 13.4. The van der Waals surface area contributed by atoms with Gasteiger partial charge in [0.25, 0.3) is 17.7 Å². The Kier molecular flexibility index (Phi) is 10.8. The van der Waals surface area contributed by atoms with E-state index in [0.717, 1.165) is 56.2 Å². The first-order valence-electron chi connectivity index (χ1n) is 20.5. The van der Waals surface area contributed by atoms with Gasteiger partial charge in [0.15, 0.2) is 0 Å². The third kappa shape index (κ3) is 7.44. The fourth-order valence-electron chi connectivity index (χ4n) is 10.1. The van der Waals surface area contributed by atoms with Crippen LogP contribution in [-0.2, 0) is 9.59 Å². The molecule has 1 aromatic heterocycles. The Balaban J connectivity index is 0.804. The molecule has 16 heteroatoms. The Morgan fingerprint density at radius 1 is 0.933 bits per heavy atom. The smallest absolute Gasteiger partial charge is 0.262 e. The van der Waals surface area contributed by atoms with Crippen LogP contribution < -0.4 is 25.2 Å². The Labute approximate surface area is 353 Å². The van der Waals surface area contributed by atoms with Crippen LogP contribution in [0, 0.1) is 33.9 Å². The molecule has 1 aliphatic carbocycles. The van der Waals surface area contributed by atoms with Crippen molar-refractivity contribution in [2.45, 2.75) is 71.6 Å². The summed E-state index contributed by atoms with van der Waals surface area (Å²) in [7, 11) is 0. The molecule has 2 aromatic carbocycles. The van der Waals surface area contributed by atoms with Crippen molar-refractivity contribution in [1.82, 2.24) is 25.4 Å². The van der Waals surface area contributed by atoms with Gasteiger partial charge in [0.05, 0.1) is 27.3 Å². The number of nitriles is 1. The van der Waals surface area contributed by atoms with E-state index in [2.05, 4.69) is 25.4 Å². The van der Waals surface area contributed by atoms with Crippen LogP contribution >= 0.6 is 11.6 Å². The van der Waals surface area contributed by atoms with Gasteiger partial charge in [0.2, 0.25) is 11.8 Å². The number of pyridine rings is 1. The first-order chi connectivity index (χ1) is 28.6. The SMILES string of the molecule is CC1(C)C(NC(=O)c2cnc(N3CCN(CC4CCN(c5ccc6c(c5)C(=O)N(C5CCC(=O)NC5=O)C6=O)CC4)CC3)cc2F)C(C)(C)C1Oc1ccc(C#N)c(Cl)c1. The minimum atomic E-state index is -0.994. The maximum Gasteiger partial charge on any atom is 0.262 e. The number of carbonyl (C=O) groups excluding carboxylic acids is 5. The molecule has 4 fully saturated rings. The molecule has 4 aliphatic heterocycles. The molecule has 5 heterocycles. The summed E-state index contributed by atoms with van der Waals surface area (Å²) in [6.45, 7) is 13.4. The Morgan fingerprint density at radius 3 is 2.28 bits per heavy atom. The summed E-state index contributed by atoms with van der Waals surface area (Å²) in [5.41, 5.74) is 0.647. The van der Waals surface area contributed by atoms with Crippen LogP contribution in [0.15, 0.2) is 48.7 Å². The summed E-state index contributed by atoms with van der Waals surface area (Å²) in [4.78, 5) is 76.2. The highest BCUT2D eigenvalue weighted by atomic mass is 35.5. The van der Waals surface area contributed by atoms with E-state index in [1.165, 1.54) is 12.3 Å². The number of hydrogen-bond acceptors (Lipinski definition) is 11. The van der Waals surface area contributed by atoms with E-state index >= 15 is 4.39 Å². The number of carbonyl (C=O) groups is 5. The average molecular weight is 839 g/mol. The molecule has 1 atom stereocenters. The summed E-state index contributed by atoms with van der Waals surface area (Å²) in [6, 6.07) is 12.2. The lowest BCUT2D eigenvalue weighted by molar-refractivity contribution is -0.164. The van der Waals surface area contributed by atoms with Gasteiger partial charge in [-0.25, -0.2) is 9.37 Å². The number of hydrogen-bond donors (Lipinski definition) is 2. The molecule has 14 nitrogen and oxygen atoms in total. The van der Waals surface area contributed by atoms with Crippen LogP contribution in [0.2, 0.25) is 5.02 Å². The summed E-state index contributed by atoms with van der Waals surface area (Å²) < 4.78 is 21.9. The van der Waals surface area contributed by atoms with Gasteiger partial charge in [-0.2, -0.15) is 5.26 Å². The van der Waals surface area contributed by atoms with Crippen LogP contribution in [-0.4, -0.2) is 108 Å². The quantitative estimate of drug-likeness (QED) is 0.284. The maximum absolute atomic E-state index is 15.6. The summed E-state index contributed by atoms with van der Waals surface area (Å²) in [5.74, 6) is -1.73. The normalized spacial score (nSPS) is 24.1. The van der Waals surface area contributed by atoms with Crippen molar-refractivity contribution in [3.63, 3.8) is 0 Å². The van der Waals surface area contributed by atoms with Gasteiger partial charge < -0.3 is 19.9 Å². The molecule has 0 bridgehead atoms. The molecule has 5 aliphatic rings. The van der Waals surface area contributed by atoms with Crippen LogP contribution in [0.1, 0.15) is 90.0 Å². The van der Waals surface area contributed by atoms with E-state index in [1.54, 1.807) is 30.3 Å². The lowest BCUT2D eigenvalue weighted by atomic mass is 9.49. The molecule has 0 radical (unpaired) electrons. The van der Waals surface area contributed by atoms with Crippen LogP contribution in [0.3, 0.4) is 0 Å². The number of nitrogens with one attached hydrogen (secondary N) is 2. The summed E-state index contributed by atoms with van der Waals surface area (Å²) in [6.07, 6.45) is 3.12. The van der Waals surface area contributed by atoms with Gasteiger partial charge in [-0.05, 0) is 55.5 Å². The van der Waals surface area contributed by atoms with Crippen LogP contribution in [0.4, 0.5) is 15.9 Å². The zero-order valence-corrected chi connectivity index (χ0v) is 34.9. The predicted octanol–water partition coefficient (Wildman–Crippen LogP) is 4.80. The van der Waals surface area contributed by atoms with Crippen LogP contribution in [0.5, 0.6) is 5.75 Å². The lowest BCUT2D eigenvalue weighted by Crippen LogP contribution is -2.74. The van der Waals surface area contributed by atoms with Gasteiger partial charge in [-0.3, -0.25) is 39.1 Å². The Morgan fingerprint density at radius 2 is 1.63 bits per heavy atom. The molecule has 1 unspecified atom stereocenters. The Bertz CT molecular complexity index is 2300. The predicted molar refractivity (Wildman–Crippen MR) is 220 cm³/mol. The van der Waals surface area contributed by atoms with Crippen LogP contribution in [0.25, 0.3) is 0 Å². The van der Waals surface area contributed by atoms with E-state index in [0.29, 0.717) is 41.2 Å². The number of imide groups is 2. The molecule has 3 saturated heterocycles. The zero-order valence-electron chi connectivity index (χ0n) is 34.1. The molecule has 60 heavy (non-hydrogen) atoms. The number of piperazine rings is 1. The molecule has 314 valence electrons. The van der Waals surface area contributed by atoms with Gasteiger partial charge in [0, 0.05) is 93.1 Å². The van der Waals surface area contributed by atoms with E-state index < -0.39 is 52.2 Å². The minimum absolute atomic E-state index is 0.0747. The van der Waals surface area contributed by atoms with Crippen molar-refractivity contribution in [1.29, 1.82) is 5.26 Å². The standard InChI is InChI=1S/C44H48ClFN8O6/c1-43(2)41(44(3,4)42(43)60-28-7-5-26(22-47)32(45)20-28)50-37(56)31-23-48-35(21-33(31)46)53-17-15-51(16-18-53)24-25-11-13-52(14-12-25)27-6-8-29-30(19-27)40(59)54(39(29)58)34-9-10-36(55)49-38(34)57/h5-8,19-21,23,25,34,41-42H,9-18,24H2,1-4H3,(H,50,56)(H,49,55,57). The number of nitrogens with zero attached hydrogens (tertiary/aromatic N) is 6. The second-order valence-corrected chi connectivity index (χ2v) is 18.1. The van der Waals surface area contributed by atoms with E-state index in [1.807, 2.05) is 44.7 Å². The number of anilines is 2. The first kappa shape index (κ1) is 41.2. The lowest BCUT2D eigenvalue weighted by Gasteiger charge is -2.63. The number of halogens is 2. The number of fused-ring (bicyclic) bond motifs is 1. The van der Waals surface area contributed by atoms with E-state index in [-0.39, 0.29) is 41.7 Å². The highest BCUT2D eigenvalue weighted by Crippen LogP contribution is 2.55. The summed E-state index contributed by atoms with van der Waals surface area (Å²) >= 11 is 6.23. The molecule has 8 rings (SSSR count). The zero-order chi connectivity index (χ0) is 42.7. The second-order valence-electron chi connectivity index (χ2n) is 17.7. The van der Waals surface area contributed by atoms with Crippen molar-refractivity contribution in [3.8, 4) is 11.8 Å². The molecule has 3 aromatic rings. The van der Waals surface area contributed by atoms with Crippen molar-refractivity contribution in [2.75, 3.05) is 55.6 Å².